The second kappa shape index (κ2) is 6.43. The Labute approximate surface area is 126 Å². The Bertz CT molecular complexity index is 536. The summed E-state index contributed by atoms with van der Waals surface area (Å²) in [7, 11) is 1.29. The number of alkyl carbamates (subject to hydrolysis) is 1. The number of halogens is 2. The van der Waals surface area contributed by atoms with Gasteiger partial charge in [0.25, 0.3) is 0 Å². The summed E-state index contributed by atoms with van der Waals surface area (Å²) in [4.78, 5) is 23.5. The molecule has 0 spiro atoms. The number of benzene rings is 1. The molecule has 1 heterocycles. The van der Waals surface area contributed by atoms with E-state index in [1.165, 1.54) is 7.11 Å². The first-order valence-corrected chi connectivity index (χ1v) is 6.84. The number of nitrogens with one attached hydrogen (secondary N) is 2. The highest BCUT2D eigenvalue weighted by Gasteiger charge is 2.31. The number of hydrogen-bond donors (Lipinski definition) is 2. The molecular weight excluding hydrogens is 303 g/mol. The SMILES string of the molecule is COC(=O)NC1CC(C(=O)c2ccc(Cl)cc2Cl)CN1. The summed E-state index contributed by atoms with van der Waals surface area (Å²) in [5.41, 5.74) is 0.446. The number of carbonyl (C=O) groups excluding carboxylic acids is 2. The average Bonchev–Trinajstić information content (AvgIpc) is 2.86. The van der Waals surface area contributed by atoms with Crippen LogP contribution in [-0.2, 0) is 4.74 Å². The standard InChI is InChI=1S/C13H14Cl2N2O3/c1-20-13(19)17-11-4-7(6-16-11)12(18)9-3-2-8(14)5-10(9)15/h2-3,5,7,11,16H,4,6H2,1H3,(H,17,19). The summed E-state index contributed by atoms with van der Waals surface area (Å²) in [6.07, 6.45) is -0.310. The van der Waals surface area contributed by atoms with Gasteiger partial charge in [0.05, 0.1) is 18.3 Å². The van der Waals surface area contributed by atoms with E-state index >= 15 is 0 Å². The molecule has 108 valence electrons. The van der Waals surface area contributed by atoms with Crippen molar-refractivity contribution in [3.63, 3.8) is 0 Å². The summed E-state index contributed by atoms with van der Waals surface area (Å²) in [5, 5.41) is 6.49. The monoisotopic (exact) mass is 316 g/mol. The Kier molecular flexibility index (Phi) is 4.86. The van der Waals surface area contributed by atoms with Crippen LogP contribution in [0, 0.1) is 5.92 Å². The highest BCUT2D eigenvalue weighted by atomic mass is 35.5. The second-order valence-corrected chi connectivity index (χ2v) is 5.36. The van der Waals surface area contributed by atoms with E-state index in [9.17, 15) is 9.59 Å². The molecule has 2 rings (SSSR count). The Morgan fingerprint density at radius 3 is 2.80 bits per heavy atom. The van der Waals surface area contributed by atoms with Gasteiger partial charge in [0.15, 0.2) is 5.78 Å². The van der Waals surface area contributed by atoms with E-state index in [1.54, 1.807) is 18.2 Å². The maximum Gasteiger partial charge on any atom is 0.408 e. The molecule has 2 N–H and O–H groups in total. The third-order valence-corrected chi connectivity index (χ3v) is 3.72. The first-order valence-electron chi connectivity index (χ1n) is 6.08. The van der Waals surface area contributed by atoms with Crippen molar-refractivity contribution in [2.24, 2.45) is 5.92 Å². The highest BCUT2D eigenvalue weighted by Crippen LogP contribution is 2.26. The lowest BCUT2D eigenvalue weighted by molar-refractivity contribution is 0.0927. The minimum Gasteiger partial charge on any atom is -0.453 e. The topological polar surface area (TPSA) is 67.4 Å². The quantitative estimate of drug-likeness (QED) is 0.841. The van der Waals surface area contributed by atoms with Crippen LogP contribution in [0.5, 0.6) is 0 Å². The minimum absolute atomic E-state index is 0.0617. The number of hydrogen-bond acceptors (Lipinski definition) is 4. The maximum absolute atomic E-state index is 12.4. The van der Waals surface area contributed by atoms with Gasteiger partial charge in [0, 0.05) is 23.0 Å². The smallest absolute Gasteiger partial charge is 0.408 e. The normalized spacial score (nSPS) is 21.6. The number of carbonyl (C=O) groups is 2. The van der Waals surface area contributed by atoms with Gasteiger partial charge < -0.3 is 10.1 Å². The molecule has 1 saturated heterocycles. The fraction of sp³-hybridized carbons (Fsp3) is 0.385. The van der Waals surface area contributed by atoms with Crippen LogP contribution in [0.2, 0.25) is 10.0 Å². The molecule has 20 heavy (non-hydrogen) atoms. The zero-order chi connectivity index (χ0) is 14.7. The molecule has 1 aromatic carbocycles. The number of amides is 1. The summed E-state index contributed by atoms with van der Waals surface area (Å²) in [6, 6.07) is 4.80. The van der Waals surface area contributed by atoms with E-state index in [0.717, 1.165) is 0 Å². The zero-order valence-electron chi connectivity index (χ0n) is 10.8. The lowest BCUT2D eigenvalue weighted by Gasteiger charge is -2.12. The predicted molar refractivity (Wildman–Crippen MR) is 76.2 cm³/mol. The van der Waals surface area contributed by atoms with Gasteiger partial charge >= 0.3 is 6.09 Å². The molecule has 5 nitrogen and oxygen atoms in total. The van der Waals surface area contributed by atoms with Gasteiger partial charge in [0.1, 0.15) is 0 Å². The van der Waals surface area contributed by atoms with Crippen LogP contribution >= 0.6 is 23.2 Å². The van der Waals surface area contributed by atoms with Gasteiger partial charge in [-0.3, -0.25) is 10.1 Å². The molecular formula is C13H14Cl2N2O3. The van der Waals surface area contributed by atoms with Crippen molar-refractivity contribution in [1.29, 1.82) is 0 Å². The van der Waals surface area contributed by atoms with Crippen LogP contribution in [0.25, 0.3) is 0 Å². The van der Waals surface area contributed by atoms with E-state index < -0.39 is 6.09 Å². The van der Waals surface area contributed by atoms with Crippen LogP contribution in [0.15, 0.2) is 18.2 Å². The Morgan fingerprint density at radius 2 is 2.15 bits per heavy atom. The molecule has 1 fully saturated rings. The molecule has 2 unspecified atom stereocenters. The largest absolute Gasteiger partial charge is 0.453 e. The summed E-state index contributed by atoms with van der Waals surface area (Å²) in [5.74, 6) is -0.302. The van der Waals surface area contributed by atoms with Crippen molar-refractivity contribution in [2.45, 2.75) is 12.6 Å². The molecule has 1 amide bonds. The van der Waals surface area contributed by atoms with Gasteiger partial charge in [-0.2, -0.15) is 0 Å². The average molecular weight is 317 g/mol. The van der Waals surface area contributed by atoms with Crippen LogP contribution in [0.3, 0.4) is 0 Å². The van der Waals surface area contributed by atoms with Gasteiger partial charge in [0.2, 0.25) is 0 Å². The summed E-state index contributed by atoms with van der Waals surface area (Å²) < 4.78 is 4.51. The number of rotatable bonds is 3. The van der Waals surface area contributed by atoms with Crippen molar-refractivity contribution in [3.05, 3.63) is 33.8 Å². The maximum atomic E-state index is 12.4. The number of methoxy groups -OCH3 is 1. The predicted octanol–water partition coefficient (Wildman–Crippen LogP) is 2.47. The fourth-order valence-corrected chi connectivity index (χ4v) is 2.66. The first-order chi connectivity index (χ1) is 9.51. The lowest BCUT2D eigenvalue weighted by atomic mass is 9.96. The van der Waals surface area contributed by atoms with Crippen molar-refractivity contribution in [1.82, 2.24) is 10.6 Å². The van der Waals surface area contributed by atoms with Crippen molar-refractivity contribution >= 4 is 35.1 Å². The van der Waals surface area contributed by atoms with Crippen molar-refractivity contribution in [3.8, 4) is 0 Å². The second-order valence-electron chi connectivity index (χ2n) is 4.52. The molecule has 0 bridgehead atoms. The van der Waals surface area contributed by atoms with E-state index in [4.69, 9.17) is 23.2 Å². The molecule has 1 aliphatic heterocycles. The Balaban J connectivity index is 2.02. The highest BCUT2D eigenvalue weighted by molar-refractivity contribution is 6.36. The van der Waals surface area contributed by atoms with E-state index in [0.29, 0.717) is 28.6 Å². The van der Waals surface area contributed by atoms with E-state index in [2.05, 4.69) is 15.4 Å². The molecule has 0 radical (unpaired) electrons. The van der Waals surface area contributed by atoms with Crippen LogP contribution < -0.4 is 10.6 Å². The Hall–Kier alpha value is -1.30. The van der Waals surface area contributed by atoms with Crippen molar-refractivity contribution < 1.29 is 14.3 Å². The number of ketones is 1. The summed E-state index contributed by atoms with van der Waals surface area (Å²) in [6.45, 7) is 0.479. The van der Waals surface area contributed by atoms with Crippen LogP contribution in [0.1, 0.15) is 16.8 Å². The summed E-state index contributed by atoms with van der Waals surface area (Å²) >= 11 is 11.8. The first kappa shape index (κ1) is 15.1. The van der Waals surface area contributed by atoms with E-state index in [1.807, 2.05) is 0 Å². The zero-order valence-corrected chi connectivity index (χ0v) is 12.3. The van der Waals surface area contributed by atoms with Gasteiger partial charge in [-0.15, -0.1) is 0 Å². The molecule has 7 heteroatoms. The molecule has 1 aliphatic rings. The fourth-order valence-electron chi connectivity index (χ4n) is 2.16. The third-order valence-electron chi connectivity index (χ3n) is 3.18. The molecule has 0 saturated carbocycles. The van der Waals surface area contributed by atoms with E-state index in [-0.39, 0.29) is 17.9 Å². The number of ether oxygens (including phenoxy) is 1. The molecule has 0 aromatic heterocycles. The lowest BCUT2D eigenvalue weighted by Crippen LogP contribution is -2.41. The molecule has 1 aromatic rings. The van der Waals surface area contributed by atoms with Gasteiger partial charge in [-0.05, 0) is 24.6 Å². The minimum atomic E-state index is -0.528. The number of Topliss-reactive ketones (excluding diaryl/α,β-unsaturated/α-hetero) is 1. The van der Waals surface area contributed by atoms with Gasteiger partial charge in [-0.25, -0.2) is 4.79 Å². The Morgan fingerprint density at radius 1 is 1.40 bits per heavy atom. The van der Waals surface area contributed by atoms with Crippen molar-refractivity contribution in [2.75, 3.05) is 13.7 Å². The van der Waals surface area contributed by atoms with Crippen LogP contribution in [-0.4, -0.2) is 31.7 Å². The molecule has 0 aliphatic carbocycles. The van der Waals surface area contributed by atoms with Crippen LogP contribution in [0.4, 0.5) is 4.79 Å². The van der Waals surface area contributed by atoms with Gasteiger partial charge in [-0.1, -0.05) is 23.2 Å². The third kappa shape index (κ3) is 3.42. The molecule has 2 atom stereocenters.